The van der Waals surface area contributed by atoms with Crippen LogP contribution in [-0.2, 0) is 11.2 Å². The number of rotatable bonds is 4. The number of carbonyl (C=O) groups is 2. The van der Waals surface area contributed by atoms with Crippen LogP contribution in [0.2, 0.25) is 0 Å². The molecule has 1 aliphatic rings. The van der Waals surface area contributed by atoms with Crippen LogP contribution in [-0.4, -0.2) is 18.0 Å². The van der Waals surface area contributed by atoms with Gasteiger partial charge in [0.25, 0.3) is 5.91 Å². The Hall–Kier alpha value is -2.14. The lowest BCUT2D eigenvalue weighted by Gasteiger charge is -2.10. The predicted octanol–water partition coefficient (Wildman–Crippen LogP) is 2.81. The third-order valence-electron chi connectivity index (χ3n) is 3.31. The van der Waals surface area contributed by atoms with Gasteiger partial charge in [-0.2, -0.15) is 0 Å². The number of benzene rings is 1. The molecule has 1 unspecified atom stereocenters. The topological polar surface area (TPSA) is 49.4 Å². The second-order valence-electron chi connectivity index (χ2n) is 4.65. The lowest BCUT2D eigenvalue weighted by Crippen LogP contribution is -2.30. The fraction of sp³-hybridized carbons (Fsp3) is 0.200. The van der Waals surface area contributed by atoms with Gasteiger partial charge in [-0.1, -0.05) is 30.3 Å². The van der Waals surface area contributed by atoms with E-state index in [-0.39, 0.29) is 11.9 Å². The highest BCUT2D eigenvalue weighted by molar-refractivity contribution is 7.14. The second kappa shape index (κ2) is 5.46. The van der Waals surface area contributed by atoms with Crippen LogP contribution in [0.3, 0.4) is 0 Å². The zero-order chi connectivity index (χ0) is 13.9. The summed E-state index contributed by atoms with van der Waals surface area (Å²) in [5, 5.41) is 5.29. The number of hydrogen-bond acceptors (Lipinski definition) is 3. The summed E-state index contributed by atoms with van der Waals surface area (Å²) >= 11 is 1.39. The number of nitrogens with zero attached hydrogens (tertiary/aromatic N) is 1. The number of aryl methyl sites for hydroxylation is 1. The summed E-state index contributed by atoms with van der Waals surface area (Å²) in [7, 11) is 0. The third kappa shape index (κ3) is 2.44. The highest BCUT2D eigenvalue weighted by atomic mass is 32.1. The van der Waals surface area contributed by atoms with Crippen molar-refractivity contribution in [2.75, 3.05) is 4.90 Å². The van der Waals surface area contributed by atoms with Crippen LogP contribution in [0, 0.1) is 0 Å². The summed E-state index contributed by atoms with van der Waals surface area (Å²) in [5.74, 6) is -0.159. The molecule has 1 aliphatic heterocycles. The number of amides is 3. The van der Waals surface area contributed by atoms with Gasteiger partial charge in [0.2, 0.25) is 0 Å². The molecule has 0 bridgehead atoms. The molecule has 2 heterocycles. The summed E-state index contributed by atoms with van der Waals surface area (Å²) < 4.78 is 0. The van der Waals surface area contributed by atoms with Gasteiger partial charge < -0.3 is 5.32 Å². The average molecular weight is 286 g/mol. The molecule has 102 valence electrons. The van der Waals surface area contributed by atoms with E-state index < -0.39 is 6.04 Å². The van der Waals surface area contributed by atoms with E-state index in [0.29, 0.717) is 11.4 Å². The first-order chi connectivity index (χ1) is 9.75. The van der Waals surface area contributed by atoms with Crippen molar-refractivity contribution in [3.63, 3.8) is 0 Å². The summed E-state index contributed by atoms with van der Waals surface area (Å²) in [4.78, 5) is 25.4. The molecule has 3 amide bonds. The van der Waals surface area contributed by atoms with Gasteiger partial charge in [-0.3, -0.25) is 4.79 Å². The fourth-order valence-corrected chi connectivity index (χ4v) is 3.02. The molecule has 5 heteroatoms. The molecule has 20 heavy (non-hydrogen) atoms. The minimum absolute atomic E-state index is 0.159. The van der Waals surface area contributed by atoms with Gasteiger partial charge >= 0.3 is 6.03 Å². The summed E-state index contributed by atoms with van der Waals surface area (Å²) in [5.41, 5.74) is 1.17. The van der Waals surface area contributed by atoms with Crippen molar-refractivity contribution in [1.29, 1.82) is 0 Å². The minimum atomic E-state index is -0.426. The van der Waals surface area contributed by atoms with E-state index in [1.165, 1.54) is 21.8 Å². The molecule has 1 fully saturated rings. The van der Waals surface area contributed by atoms with Crippen molar-refractivity contribution in [1.82, 2.24) is 5.32 Å². The van der Waals surface area contributed by atoms with Crippen molar-refractivity contribution < 1.29 is 9.59 Å². The molecule has 3 rings (SSSR count). The van der Waals surface area contributed by atoms with Gasteiger partial charge in [0.15, 0.2) is 0 Å². The van der Waals surface area contributed by atoms with Crippen LogP contribution in [0.25, 0.3) is 0 Å². The summed E-state index contributed by atoms with van der Waals surface area (Å²) in [6.07, 6.45) is 1.40. The van der Waals surface area contributed by atoms with E-state index >= 15 is 0 Å². The molecule has 1 N–H and O–H groups in total. The summed E-state index contributed by atoms with van der Waals surface area (Å²) in [6, 6.07) is 12.8. The second-order valence-corrected chi connectivity index (χ2v) is 5.58. The third-order valence-corrected chi connectivity index (χ3v) is 4.16. The Morgan fingerprint density at radius 2 is 1.90 bits per heavy atom. The zero-order valence-corrected chi connectivity index (χ0v) is 11.6. The van der Waals surface area contributed by atoms with E-state index in [1.54, 1.807) is 6.07 Å². The number of anilines is 1. The molecule has 1 atom stereocenters. The van der Waals surface area contributed by atoms with E-state index in [4.69, 9.17) is 0 Å². The number of nitrogens with one attached hydrogen (secondary N) is 1. The first-order valence-electron chi connectivity index (χ1n) is 6.47. The molecular weight excluding hydrogens is 272 g/mol. The molecule has 0 radical (unpaired) electrons. The molecule has 1 aromatic heterocycles. The monoisotopic (exact) mass is 286 g/mol. The average Bonchev–Trinajstić information content (AvgIpc) is 3.06. The first-order valence-corrected chi connectivity index (χ1v) is 7.35. The van der Waals surface area contributed by atoms with Gasteiger partial charge in [0, 0.05) is 0 Å². The quantitative estimate of drug-likeness (QED) is 0.879. The highest BCUT2D eigenvalue weighted by Crippen LogP contribution is 2.25. The Labute approximate surface area is 121 Å². The van der Waals surface area contributed by atoms with E-state index in [2.05, 4.69) is 5.32 Å². The minimum Gasteiger partial charge on any atom is -0.325 e. The molecule has 0 spiro atoms. The Bertz CT molecular complexity index is 610. The van der Waals surface area contributed by atoms with E-state index in [0.717, 1.165) is 6.42 Å². The normalized spacial score (nSPS) is 18.4. The smallest absolute Gasteiger partial charge is 0.325 e. The lowest BCUT2D eigenvalue weighted by atomic mass is 10.1. The van der Waals surface area contributed by atoms with Crippen LogP contribution in [0.1, 0.15) is 12.0 Å². The van der Waals surface area contributed by atoms with Crippen molar-refractivity contribution >= 4 is 28.3 Å². The van der Waals surface area contributed by atoms with E-state index in [9.17, 15) is 9.59 Å². The number of urea groups is 1. The van der Waals surface area contributed by atoms with Gasteiger partial charge in [-0.05, 0) is 35.9 Å². The van der Waals surface area contributed by atoms with Crippen LogP contribution in [0.4, 0.5) is 9.80 Å². The van der Waals surface area contributed by atoms with Gasteiger partial charge in [-0.15, -0.1) is 11.3 Å². The Kier molecular flexibility index (Phi) is 3.52. The van der Waals surface area contributed by atoms with Crippen LogP contribution >= 0.6 is 11.3 Å². The SMILES string of the molecule is O=C1NC(CCc2ccccc2)C(=O)N1c1cccs1. The summed E-state index contributed by atoms with van der Waals surface area (Å²) in [6.45, 7) is 0. The van der Waals surface area contributed by atoms with Crippen LogP contribution in [0.15, 0.2) is 47.8 Å². The molecule has 2 aromatic rings. The number of thiophene rings is 1. The number of hydrogen-bond donors (Lipinski definition) is 1. The number of carbonyl (C=O) groups excluding carboxylic acids is 2. The van der Waals surface area contributed by atoms with Gasteiger partial charge in [0.05, 0.1) is 0 Å². The first kappa shape index (κ1) is 12.9. The zero-order valence-electron chi connectivity index (χ0n) is 10.8. The lowest BCUT2D eigenvalue weighted by molar-refractivity contribution is -0.118. The largest absolute Gasteiger partial charge is 0.330 e. The van der Waals surface area contributed by atoms with Crippen LogP contribution in [0.5, 0.6) is 0 Å². The van der Waals surface area contributed by atoms with Crippen molar-refractivity contribution in [3.8, 4) is 0 Å². The number of imide groups is 1. The molecule has 0 aliphatic carbocycles. The van der Waals surface area contributed by atoms with Crippen molar-refractivity contribution in [3.05, 3.63) is 53.4 Å². The molecule has 1 aromatic carbocycles. The Morgan fingerprint density at radius 1 is 1.10 bits per heavy atom. The predicted molar refractivity (Wildman–Crippen MR) is 78.9 cm³/mol. The molecule has 1 saturated heterocycles. The maximum atomic E-state index is 12.3. The van der Waals surface area contributed by atoms with Gasteiger partial charge in [0.1, 0.15) is 11.0 Å². The standard InChI is InChI=1S/C15H14N2O2S/c18-14-12(9-8-11-5-2-1-3-6-11)16-15(19)17(14)13-7-4-10-20-13/h1-7,10,12H,8-9H2,(H,16,19). The maximum Gasteiger partial charge on any atom is 0.330 e. The maximum absolute atomic E-state index is 12.3. The van der Waals surface area contributed by atoms with E-state index in [1.807, 2.05) is 41.8 Å². The highest BCUT2D eigenvalue weighted by Gasteiger charge is 2.38. The van der Waals surface area contributed by atoms with Crippen LogP contribution < -0.4 is 10.2 Å². The Balaban J connectivity index is 1.68. The molecule has 0 saturated carbocycles. The molecule has 4 nitrogen and oxygen atoms in total. The molecular formula is C15H14N2O2S. The van der Waals surface area contributed by atoms with Crippen molar-refractivity contribution in [2.24, 2.45) is 0 Å². The van der Waals surface area contributed by atoms with Gasteiger partial charge in [-0.25, -0.2) is 9.69 Å². The fourth-order valence-electron chi connectivity index (χ4n) is 2.29. The Morgan fingerprint density at radius 3 is 2.60 bits per heavy atom. The van der Waals surface area contributed by atoms with Crippen molar-refractivity contribution in [2.45, 2.75) is 18.9 Å².